The molecular formula is C12H19N3O3. The molecule has 0 spiro atoms. The predicted molar refractivity (Wildman–Crippen MR) is 66.0 cm³/mol. The first-order valence-corrected chi connectivity index (χ1v) is 5.68. The van der Waals surface area contributed by atoms with Gasteiger partial charge in [-0.1, -0.05) is 5.16 Å². The molecule has 1 rings (SSSR count). The van der Waals surface area contributed by atoms with Gasteiger partial charge in [0.05, 0.1) is 18.7 Å². The molecule has 0 bridgehead atoms. The summed E-state index contributed by atoms with van der Waals surface area (Å²) in [4.78, 5) is 26.3. The predicted octanol–water partition coefficient (Wildman–Crippen LogP) is 0.381. The molecule has 0 fully saturated rings. The molecule has 0 aliphatic rings. The lowest BCUT2D eigenvalue weighted by molar-refractivity contribution is -0.137. The summed E-state index contributed by atoms with van der Waals surface area (Å²) in [6.45, 7) is 3.65. The summed E-state index contributed by atoms with van der Waals surface area (Å²) in [7, 11) is 4.94. The molecule has 0 saturated carbocycles. The second-order valence-electron chi connectivity index (χ2n) is 4.52. The van der Waals surface area contributed by atoms with E-state index in [1.807, 2.05) is 0 Å². The standard InChI is InChI=1S/C12H19N3O3/c1-8-10(9(2)18-13-8)6-11(16)15(5)7-12(17)14(3)4/h6-7H2,1-5H3. The average molecular weight is 253 g/mol. The number of carbonyl (C=O) groups excluding carboxylic acids is 2. The molecular weight excluding hydrogens is 234 g/mol. The highest BCUT2D eigenvalue weighted by Gasteiger charge is 2.18. The molecule has 18 heavy (non-hydrogen) atoms. The number of amides is 2. The summed E-state index contributed by atoms with van der Waals surface area (Å²) < 4.78 is 5.00. The SMILES string of the molecule is Cc1noc(C)c1CC(=O)N(C)CC(=O)N(C)C. The zero-order chi connectivity index (χ0) is 13.9. The number of carbonyl (C=O) groups is 2. The number of likely N-dealkylation sites (N-methyl/N-ethyl adjacent to an activating group) is 2. The lowest BCUT2D eigenvalue weighted by Gasteiger charge is -2.19. The Morgan fingerprint density at radius 2 is 1.78 bits per heavy atom. The highest BCUT2D eigenvalue weighted by atomic mass is 16.5. The van der Waals surface area contributed by atoms with Gasteiger partial charge in [-0.25, -0.2) is 0 Å². The van der Waals surface area contributed by atoms with Crippen molar-refractivity contribution in [3.8, 4) is 0 Å². The van der Waals surface area contributed by atoms with E-state index in [4.69, 9.17) is 4.52 Å². The Labute approximate surface area is 107 Å². The number of aromatic nitrogens is 1. The van der Waals surface area contributed by atoms with E-state index in [2.05, 4.69) is 5.16 Å². The van der Waals surface area contributed by atoms with Crippen molar-refractivity contribution in [2.24, 2.45) is 0 Å². The monoisotopic (exact) mass is 253 g/mol. The van der Waals surface area contributed by atoms with Gasteiger partial charge in [0.1, 0.15) is 5.76 Å². The van der Waals surface area contributed by atoms with E-state index in [0.717, 1.165) is 5.56 Å². The fourth-order valence-corrected chi connectivity index (χ4v) is 1.47. The van der Waals surface area contributed by atoms with Gasteiger partial charge < -0.3 is 14.3 Å². The number of hydrogen-bond acceptors (Lipinski definition) is 4. The second kappa shape index (κ2) is 5.66. The quantitative estimate of drug-likeness (QED) is 0.778. The fourth-order valence-electron chi connectivity index (χ4n) is 1.47. The Kier molecular flexibility index (Phi) is 4.47. The smallest absolute Gasteiger partial charge is 0.241 e. The maximum Gasteiger partial charge on any atom is 0.241 e. The first-order valence-electron chi connectivity index (χ1n) is 5.68. The molecule has 1 aromatic heterocycles. The van der Waals surface area contributed by atoms with Crippen molar-refractivity contribution in [2.75, 3.05) is 27.7 Å². The van der Waals surface area contributed by atoms with E-state index in [0.29, 0.717) is 11.5 Å². The summed E-state index contributed by atoms with van der Waals surface area (Å²) in [6.07, 6.45) is 0.207. The van der Waals surface area contributed by atoms with E-state index >= 15 is 0 Å². The normalized spacial score (nSPS) is 10.3. The molecule has 0 aliphatic carbocycles. The molecule has 0 N–H and O–H groups in total. The maximum atomic E-state index is 12.0. The highest BCUT2D eigenvalue weighted by molar-refractivity contribution is 5.85. The molecule has 0 atom stereocenters. The van der Waals surface area contributed by atoms with Gasteiger partial charge in [-0.05, 0) is 13.8 Å². The summed E-state index contributed by atoms with van der Waals surface area (Å²) in [5.74, 6) is 0.414. The second-order valence-corrected chi connectivity index (χ2v) is 4.52. The van der Waals surface area contributed by atoms with E-state index in [1.54, 1.807) is 35.0 Å². The minimum absolute atomic E-state index is 0.0786. The van der Waals surface area contributed by atoms with Gasteiger partial charge in [-0.15, -0.1) is 0 Å². The van der Waals surface area contributed by atoms with Gasteiger partial charge in [0.25, 0.3) is 0 Å². The number of aryl methyl sites for hydroxylation is 2. The van der Waals surface area contributed by atoms with Crippen LogP contribution in [0.2, 0.25) is 0 Å². The summed E-state index contributed by atoms with van der Waals surface area (Å²) >= 11 is 0. The minimum atomic E-state index is -0.125. The zero-order valence-corrected chi connectivity index (χ0v) is 11.5. The third kappa shape index (κ3) is 3.32. The van der Waals surface area contributed by atoms with Crippen molar-refractivity contribution in [3.05, 3.63) is 17.0 Å². The van der Waals surface area contributed by atoms with Gasteiger partial charge in [0.2, 0.25) is 11.8 Å². The van der Waals surface area contributed by atoms with Gasteiger partial charge in [0, 0.05) is 26.7 Å². The van der Waals surface area contributed by atoms with Crippen LogP contribution in [0.1, 0.15) is 17.0 Å². The fraction of sp³-hybridized carbons (Fsp3) is 0.583. The first-order chi connectivity index (χ1) is 8.32. The van der Waals surface area contributed by atoms with E-state index in [-0.39, 0.29) is 24.8 Å². The molecule has 0 aromatic carbocycles. The van der Waals surface area contributed by atoms with E-state index in [9.17, 15) is 9.59 Å². The molecule has 0 radical (unpaired) electrons. The maximum absolute atomic E-state index is 12.0. The van der Waals surface area contributed by atoms with Crippen LogP contribution in [0.3, 0.4) is 0 Å². The highest BCUT2D eigenvalue weighted by Crippen LogP contribution is 2.13. The van der Waals surface area contributed by atoms with Crippen molar-refractivity contribution < 1.29 is 14.1 Å². The van der Waals surface area contributed by atoms with E-state index in [1.165, 1.54) is 9.80 Å². The minimum Gasteiger partial charge on any atom is -0.361 e. The molecule has 1 aromatic rings. The van der Waals surface area contributed by atoms with Crippen molar-refractivity contribution in [1.82, 2.24) is 15.0 Å². The van der Waals surface area contributed by atoms with Crippen LogP contribution in [0.15, 0.2) is 4.52 Å². The van der Waals surface area contributed by atoms with Gasteiger partial charge in [0.15, 0.2) is 0 Å². The van der Waals surface area contributed by atoms with Gasteiger partial charge in [-0.3, -0.25) is 9.59 Å². The molecule has 1 heterocycles. The molecule has 6 heteroatoms. The lowest BCUT2D eigenvalue weighted by Crippen LogP contribution is -2.38. The molecule has 100 valence electrons. The topological polar surface area (TPSA) is 66.7 Å². The van der Waals surface area contributed by atoms with Crippen molar-refractivity contribution in [1.29, 1.82) is 0 Å². The Hall–Kier alpha value is -1.85. The molecule has 2 amide bonds. The van der Waals surface area contributed by atoms with Crippen LogP contribution < -0.4 is 0 Å². The molecule has 0 aliphatic heterocycles. The number of rotatable bonds is 4. The van der Waals surface area contributed by atoms with Crippen LogP contribution in [-0.2, 0) is 16.0 Å². The third-order valence-corrected chi connectivity index (χ3v) is 2.81. The van der Waals surface area contributed by atoms with Crippen LogP contribution in [0.4, 0.5) is 0 Å². The van der Waals surface area contributed by atoms with Gasteiger partial charge >= 0.3 is 0 Å². The summed E-state index contributed by atoms with van der Waals surface area (Å²) in [5, 5.41) is 3.80. The summed E-state index contributed by atoms with van der Waals surface area (Å²) in [5.41, 5.74) is 1.51. The van der Waals surface area contributed by atoms with Crippen LogP contribution in [0, 0.1) is 13.8 Å². The average Bonchev–Trinajstić information content (AvgIpc) is 2.60. The number of hydrogen-bond donors (Lipinski definition) is 0. The van der Waals surface area contributed by atoms with E-state index < -0.39 is 0 Å². The van der Waals surface area contributed by atoms with Crippen molar-refractivity contribution in [2.45, 2.75) is 20.3 Å². The Balaban J connectivity index is 2.63. The Morgan fingerprint density at radius 1 is 1.17 bits per heavy atom. The van der Waals surface area contributed by atoms with Crippen LogP contribution >= 0.6 is 0 Å². The molecule has 6 nitrogen and oxygen atoms in total. The summed E-state index contributed by atoms with van der Waals surface area (Å²) in [6, 6.07) is 0. The lowest BCUT2D eigenvalue weighted by atomic mass is 10.1. The third-order valence-electron chi connectivity index (χ3n) is 2.81. The number of nitrogens with zero attached hydrogens (tertiary/aromatic N) is 3. The van der Waals surface area contributed by atoms with Gasteiger partial charge in [-0.2, -0.15) is 0 Å². The molecule has 0 saturated heterocycles. The Bertz CT molecular complexity index is 432. The van der Waals surface area contributed by atoms with Crippen LogP contribution in [-0.4, -0.2) is 54.5 Å². The Morgan fingerprint density at radius 3 is 2.22 bits per heavy atom. The first kappa shape index (κ1) is 14.2. The largest absolute Gasteiger partial charge is 0.361 e. The zero-order valence-electron chi connectivity index (χ0n) is 11.5. The van der Waals surface area contributed by atoms with Crippen molar-refractivity contribution in [3.63, 3.8) is 0 Å². The van der Waals surface area contributed by atoms with Crippen LogP contribution in [0.5, 0.6) is 0 Å². The molecule has 0 unspecified atom stereocenters. The van der Waals surface area contributed by atoms with Crippen molar-refractivity contribution >= 4 is 11.8 Å². The van der Waals surface area contributed by atoms with Crippen LogP contribution in [0.25, 0.3) is 0 Å².